The number of aliphatic hydroxyl groups is 1. The van der Waals surface area contributed by atoms with Crippen molar-refractivity contribution in [3.05, 3.63) is 23.8 Å². The molecule has 0 amide bonds. The Bertz CT molecular complexity index is 537. The highest BCUT2D eigenvalue weighted by Crippen LogP contribution is 2.35. The summed E-state index contributed by atoms with van der Waals surface area (Å²) in [5, 5.41) is 12.2. The second-order valence-electron chi connectivity index (χ2n) is 5.01. The first kappa shape index (κ1) is 13.4. The van der Waals surface area contributed by atoms with Gasteiger partial charge >= 0.3 is 0 Å². The normalized spacial score (nSPS) is 21.4. The molecule has 0 saturated heterocycles. The first-order valence-electron chi connectivity index (χ1n) is 6.18. The fourth-order valence-electron chi connectivity index (χ4n) is 2.35. The van der Waals surface area contributed by atoms with Crippen molar-refractivity contribution in [2.45, 2.75) is 37.1 Å². The van der Waals surface area contributed by atoms with Crippen LogP contribution >= 0.6 is 0 Å². The van der Waals surface area contributed by atoms with Crippen LogP contribution in [0.4, 0.5) is 5.69 Å². The zero-order chi connectivity index (χ0) is 13.3. The summed E-state index contributed by atoms with van der Waals surface area (Å²) < 4.78 is 24.4. The van der Waals surface area contributed by atoms with E-state index in [9.17, 15) is 8.42 Å². The number of anilines is 1. The lowest BCUT2D eigenvalue weighted by molar-refractivity contribution is 0.282. The molecule has 4 nitrogen and oxygen atoms in total. The van der Waals surface area contributed by atoms with E-state index in [0.717, 1.165) is 11.3 Å². The first-order valence-corrected chi connectivity index (χ1v) is 7.84. The van der Waals surface area contributed by atoms with Crippen LogP contribution in [0.25, 0.3) is 0 Å². The smallest absolute Gasteiger partial charge is 0.182 e. The van der Waals surface area contributed by atoms with Crippen LogP contribution < -0.4 is 5.32 Å². The lowest BCUT2D eigenvalue weighted by atomic mass is 10.0. The van der Waals surface area contributed by atoms with E-state index < -0.39 is 9.84 Å². The largest absolute Gasteiger partial charge is 0.396 e. The van der Waals surface area contributed by atoms with Gasteiger partial charge in [-0.05, 0) is 24.0 Å². The molecule has 0 saturated carbocycles. The average molecular weight is 269 g/mol. The molecule has 1 aliphatic heterocycles. The lowest BCUT2D eigenvalue weighted by Gasteiger charge is -2.29. The monoisotopic (exact) mass is 269 g/mol. The number of aliphatic hydroxyl groups excluding tert-OH is 1. The van der Waals surface area contributed by atoms with E-state index >= 15 is 0 Å². The fraction of sp³-hybridized carbons (Fsp3) is 0.538. The Kier molecular flexibility index (Phi) is 3.64. The molecular weight excluding hydrogens is 250 g/mol. The van der Waals surface area contributed by atoms with Crippen LogP contribution in [0.3, 0.4) is 0 Å². The van der Waals surface area contributed by atoms with Gasteiger partial charge in [-0.1, -0.05) is 26.0 Å². The molecule has 0 radical (unpaired) electrons. The van der Waals surface area contributed by atoms with Crippen LogP contribution in [-0.2, 0) is 9.84 Å². The predicted octanol–water partition coefficient (Wildman–Crippen LogP) is 1.76. The van der Waals surface area contributed by atoms with Gasteiger partial charge in [0.25, 0.3) is 0 Å². The molecular formula is C13H19NO3S. The van der Waals surface area contributed by atoms with Gasteiger partial charge in [0.15, 0.2) is 9.84 Å². The summed E-state index contributed by atoms with van der Waals surface area (Å²) in [4.78, 5) is 0.392. The second kappa shape index (κ2) is 4.90. The van der Waals surface area contributed by atoms with Crippen LogP contribution in [0.2, 0.25) is 0 Å². The molecule has 5 heteroatoms. The second-order valence-corrected chi connectivity index (χ2v) is 7.01. The van der Waals surface area contributed by atoms with Crippen molar-refractivity contribution >= 4 is 15.5 Å². The van der Waals surface area contributed by atoms with Gasteiger partial charge in [0, 0.05) is 12.6 Å². The van der Waals surface area contributed by atoms with Crippen LogP contribution in [0.15, 0.2) is 23.1 Å². The minimum Gasteiger partial charge on any atom is -0.396 e. The molecule has 0 bridgehead atoms. The Balaban J connectivity index is 2.52. The minimum absolute atomic E-state index is 0.00757. The summed E-state index contributed by atoms with van der Waals surface area (Å²) in [5.74, 6) is 0.317. The van der Waals surface area contributed by atoms with Crippen molar-refractivity contribution in [2.75, 3.05) is 17.7 Å². The van der Waals surface area contributed by atoms with Gasteiger partial charge in [0.1, 0.15) is 0 Å². The van der Waals surface area contributed by atoms with E-state index in [1.54, 1.807) is 12.1 Å². The molecule has 1 aromatic rings. The van der Waals surface area contributed by atoms with Gasteiger partial charge in [-0.15, -0.1) is 0 Å². The standard InChI is InChI=1S/C13H19NO3S/c1-9(2)11-4-3-5-12-13(11)14-10(6-7-15)8-18(12,16)17/h3-5,9-10,14-15H,6-8H2,1-2H3. The highest BCUT2D eigenvalue weighted by Gasteiger charge is 2.31. The molecule has 0 fully saturated rings. The maximum Gasteiger partial charge on any atom is 0.182 e. The summed E-state index contributed by atoms with van der Waals surface area (Å²) in [6, 6.07) is 5.19. The third-order valence-electron chi connectivity index (χ3n) is 3.26. The SMILES string of the molecule is CC(C)c1cccc2c1NC(CCO)CS2(=O)=O. The molecule has 100 valence electrons. The Labute approximate surface area is 108 Å². The molecule has 1 heterocycles. The van der Waals surface area contributed by atoms with E-state index in [1.807, 2.05) is 19.9 Å². The van der Waals surface area contributed by atoms with Crippen molar-refractivity contribution in [2.24, 2.45) is 0 Å². The van der Waals surface area contributed by atoms with E-state index in [-0.39, 0.29) is 24.3 Å². The van der Waals surface area contributed by atoms with Crippen molar-refractivity contribution in [1.29, 1.82) is 0 Å². The minimum atomic E-state index is -3.24. The summed E-state index contributed by atoms with van der Waals surface area (Å²) in [7, 11) is -3.24. The highest BCUT2D eigenvalue weighted by molar-refractivity contribution is 7.91. The number of rotatable bonds is 3. The Morgan fingerprint density at radius 1 is 1.44 bits per heavy atom. The van der Waals surface area contributed by atoms with E-state index in [4.69, 9.17) is 5.11 Å². The molecule has 1 aromatic carbocycles. The number of fused-ring (bicyclic) bond motifs is 1. The van der Waals surface area contributed by atoms with Crippen molar-refractivity contribution in [1.82, 2.24) is 0 Å². The van der Waals surface area contributed by atoms with Gasteiger partial charge in [-0.2, -0.15) is 0 Å². The fourth-order valence-corrected chi connectivity index (χ4v) is 4.09. The number of sulfone groups is 1. The quantitative estimate of drug-likeness (QED) is 0.877. The molecule has 1 atom stereocenters. The Morgan fingerprint density at radius 3 is 2.78 bits per heavy atom. The van der Waals surface area contributed by atoms with Crippen LogP contribution in [0.1, 0.15) is 31.7 Å². The molecule has 1 aliphatic rings. The molecule has 2 rings (SSSR count). The van der Waals surface area contributed by atoms with Crippen molar-refractivity contribution < 1.29 is 13.5 Å². The zero-order valence-corrected chi connectivity index (χ0v) is 11.5. The number of hydrogen-bond acceptors (Lipinski definition) is 4. The molecule has 2 N–H and O–H groups in total. The number of hydrogen-bond donors (Lipinski definition) is 2. The van der Waals surface area contributed by atoms with Gasteiger partial charge in [0.2, 0.25) is 0 Å². The third-order valence-corrected chi connectivity index (χ3v) is 5.11. The number of benzene rings is 1. The maximum absolute atomic E-state index is 12.2. The van der Waals surface area contributed by atoms with Crippen LogP contribution in [-0.4, -0.2) is 31.9 Å². The van der Waals surface area contributed by atoms with Gasteiger partial charge < -0.3 is 10.4 Å². The lowest BCUT2D eigenvalue weighted by Crippen LogP contribution is -2.35. The summed E-state index contributed by atoms with van der Waals surface area (Å²) >= 11 is 0. The van der Waals surface area contributed by atoms with Gasteiger partial charge in [-0.3, -0.25) is 0 Å². The third kappa shape index (κ3) is 2.37. The predicted molar refractivity (Wildman–Crippen MR) is 71.7 cm³/mol. The van der Waals surface area contributed by atoms with Gasteiger partial charge in [0.05, 0.1) is 16.3 Å². The van der Waals surface area contributed by atoms with Crippen LogP contribution in [0, 0.1) is 0 Å². The van der Waals surface area contributed by atoms with E-state index in [1.165, 1.54) is 0 Å². The molecule has 0 aromatic heterocycles. The molecule has 18 heavy (non-hydrogen) atoms. The topological polar surface area (TPSA) is 66.4 Å². The maximum atomic E-state index is 12.2. The first-order chi connectivity index (χ1) is 8.45. The highest BCUT2D eigenvalue weighted by atomic mass is 32.2. The number of nitrogens with one attached hydrogen (secondary N) is 1. The number of para-hydroxylation sites is 1. The summed E-state index contributed by atoms with van der Waals surface area (Å²) in [6.07, 6.45) is 0.450. The van der Waals surface area contributed by atoms with Crippen molar-refractivity contribution in [3.63, 3.8) is 0 Å². The summed E-state index contributed by atoms with van der Waals surface area (Å²) in [5.41, 5.74) is 1.73. The van der Waals surface area contributed by atoms with E-state index in [2.05, 4.69) is 5.32 Å². The van der Waals surface area contributed by atoms with Crippen LogP contribution in [0.5, 0.6) is 0 Å². The average Bonchev–Trinajstić information content (AvgIpc) is 2.27. The molecule has 0 aliphatic carbocycles. The Morgan fingerprint density at radius 2 is 2.17 bits per heavy atom. The Hall–Kier alpha value is -1.07. The van der Waals surface area contributed by atoms with Gasteiger partial charge in [-0.25, -0.2) is 8.42 Å². The van der Waals surface area contributed by atoms with Crippen molar-refractivity contribution in [3.8, 4) is 0 Å². The molecule has 0 spiro atoms. The molecule has 1 unspecified atom stereocenters. The summed E-state index contributed by atoms with van der Waals surface area (Å²) in [6.45, 7) is 4.07. The van der Waals surface area contributed by atoms with E-state index in [0.29, 0.717) is 11.3 Å². The zero-order valence-electron chi connectivity index (χ0n) is 10.7.